The van der Waals surface area contributed by atoms with Crippen molar-refractivity contribution in [2.24, 2.45) is 5.92 Å². The van der Waals surface area contributed by atoms with Crippen LogP contribution in [0.5, 0.6) is 11.5 Å². The average Bonchev–Trinajstić information content (AvgIpc) is 2.73. The molecule has 0 spiro atoms. The van der Waals surface area contributed by atoms with Crippen LogP contribution in [-0.2, 0) is 4.79 Å². The molecule has 3 rings (SSSR count). The zero-order chi connectivity index (χ0) is 21.0. The molecule has 150 valence electrons. The average molecular weight is 392 g/mol. The Labute approximate surface area is 169 Å². The third-order valence-corrected chi connectivity index (χ3v) is 4.55. The molecule has 0 unspecified atom stereocenters. The summed E-state index contributed by atoms with van der Waals surface area (Å²) in [5.41, 5.74) is 1.53. The quantitative estimate of drug-likeness (QED) is 0.637. The summed E-state index contributed by atoms with van der Waals surface area (Å²) in [5.74, 6) is 0.394. The van der Waals surface area contributed by atoms with Gasteiger partial charge in [-0.05, 0) is 35.0 Å². The molecule has 0 aliphatic carbocycles. The van der Waals surface area contributed by atoms with Gasteiger partial charge in [-0.15, -0.1) is 0 Å². The van der Waals surface area contributed by atoms with Crippen molar-refractivity contribution >= 4 is 34.0 Å². The number of ether oxygens (including phenoxy) is 2. The van der Waals surface area contributed by atoms with Gasteiger partial charge in [0.15, 0.2) is 0 Å². The van der Waals surface area contributed by atoms with Gasteiger partial charge in [0.2, 0.25) is 5.91 Å². The first-order valence-electron chi connectivity index (χ1n) is 9.30. The largest absolute Gasteiger partial charge is 0.496 e. The molecule has 0 atom stereocenters. The molecule has 0 aromatic heterocycles. The first-order chi connectivity index (χ1) is 13.9. The molecule has 2 N–H and O–H groups in total. The van der Waals surface area contributed by atoms with Gasteiger partial charge >= 0.3 is 0 Å². The number of benzene rings is 3. The van der Waals surface area contributed by atoms with Crippen LogP contribution in [0.15, 0.2) is 54.6 Å². The third-order valence-electron chi connectivity index (χ3n) is 4.55. The van der Waals surface area contributed by atoms with Crippen LogP contribution in [0.1, 0.15) is 24.2 Å². The minimum atomic E-state index is -0.298. The van der Waals surface area contributed by atoms with E-state index >= 15 is 0 Å². The zero-order valence-corrected chi connectivity index (χ0v) is 16.9. The Morgan fingerprint density at radius 1 is 0.828 bits per heavy atom. The molecule has 2 amide bonds. The Bertz CT molecular complexity index is 1060. The van der Waals surface area contributed by atoms with Crippen LogP contribution in [-0.4, -0.2) is 26.0 Å². The van der Waals surface area contributed by atoms with Crippen molar-refractivity contribution in [1.29, 1.82) is 0 Å². The molecule has 3 aromatic carbocycles. The highest BCUT2D eigenvalue weighted by atomic mass is 16.5. The summed E-state index contributed by atoms with van der Waals surface area (Å²) in [5, 5.41) is 7.62. The van der Waals surface area contributed by atoms with Gasteiger partial charge in [-0.2, -0.15) is 0 Å². The highest BCUT2D eigenvalue weighted by molar-refractivity contribution is 6.09. The molecule has 0 heterocycles. The highest BCUT2D eigenvalue weighted by Gasteiger charge is 2.16. The molecule has 6 heteroatoms. The van der Waals surface area contributed by atoms with Gasteiger partial charge in [0.25, 0.3) is 5.91 Å². The van der Waals surface area contributed by atoms with Crippen molar-refractivity contribution in [3.05, 3.63) is 60.2 Å². The second-order valence-electron chi connectivity index (χ2n) is 6.91. The van der Waals surface area contributed by atoms with Crippen LogP contribution in [0.25, 0.3) is 10.8 Å². The lowest BCUT2D eigenvalue weighted by atomic mass is 10.1. The molecule has 0 bridgehead atoms. The topological polar surface area (TPSA) is 76.7 Å². The SMILES string of the molecule is COc1cc(NC(=O)c2cc3ccccc3cc2OC)ccc1NC(=O)C(C)C. The Hall–Kier alpha value is -3.54. The summed E-state index contributed by atoms with van der Waals surface area (Å²) in [4.78, 5) is 24.8. The van der Waals surface area contributed by atoms with Crippen molar-refractivity contribution in [2.45, 2.75) is 13.8 Å². The molecule has 0 aliphatic heterocycles. The number of hydrogen-bond acceptors (Lipinski definition) is 4. The predicted octanol–water partition coefficient (Wildman–Crippen LogP) is 4.70. The molecule has 0 radical (unpaired) electrons. The molecular formula is C23H24N2O4. The van der Waals surface area contributed by atoms with Crippen molar-refractivity contribution in [2.75, 3.05) is 24.9 Å². The smallest absolute Gasteiger partial charge is 0.259 e. The second-order valence-corrected chi connectivity index (χ2v) is 6.91. The lowest BCUT2D eigenvalue weighted by Crippen LogP contribution is -2.18. The Balaban J connectivity index is 1.87. The van der Waals surface area contributed by atoms with E-state index in [9.17, 15) is 9.59 Å². The standard InChI is InChI=1S/C23H24N2O4/c1-14(2)22(26)25-19-10-9-17(13-21(19)29-4)24-23(27)18-11-15-7-5-6-8-16(15)12-20(18)28-3/h5-14H,1-4H3,(H,24,27)(H,25,26). The zero-order valence-electron chi connectivity index (χ0n) is 16.9. The first-order valence-corrected chi connectivity index (χ1v) is 9.30. The molecule has 6 nitrogen and oxygen atoms in total. The van der Waals surface area contributed by atoms with Crippen LogP contribution >= 0.6 is 0 Å². The fourth-order valence-electron chi connectivity index (χ4n) is 2.91. The minimum absolute atomic E-state index is 0.110. The molecule has 29 heavy (non-hydrogen) atoms. The summed E-state index contributed by atoms with van der Waals surface area (Å²) in [7, 11) is 3.05. The third kappa shape index (κ3) is 4.48. The Kier molecular flexibility index (Phi) is 6.02. The normalized spacial score (nSPS) is 10.7. The summed E-state index contributed by atoms with van der Waals surface area (Å²) >= 11 is 0. The number of fused-ring (bicyclic) bond motifs is 1. The number of anilines is 2. The molecule has 0 saturated carbocycles. The molecule has 3 aromatic rings. The fraction of sp³-hybridized carbons (Fsp3) is 0.217. The summed E-state index contributed by atoms with van der Waals surface area (Å²) in [6.07, 6.45) is 0. The maximum absolute atomic E-state index is 12.9. The number of hydrogen-bond donors (Lipinski definition) is 2. The van der Waals surface area contributed by atoms with Crippen LogP contribution in [0, 0.1) is 5.92 Å². The van der Waals surface area contributed by atoms with E-state index in [1.54, 1.807) is 24.3 Å². The van der Waals surface area contributed by atoms with Crippen LogP contribution in [0.4, 0.5) is 11.4 Å². The van der Waals surface area contributed by atoms with Crippen LogP contribution in [0.3, 0.4) is 0 Å². The van der Waals surface area contributed by atoms with Gasteiger partial charge < -0.3 is 20.1 Å². The number of amides is 2. The lowest BCUT2D eigenvalue weighted by molar-refractivity contribution is -0.118. The Morgan fingerprint density at radius 3 is 2.10 bits per heavy atom. The maximum Gasteiger partial charge on any atom is 0.259 e. The molecular weight excluding hydrogens is 368 g/mol. The van der Waals surface area contributed by atoms with Crippen molar-refractivity contribution in [1.82, 2.24) is 0 Å². The van der Waals surface area contributed by atoms with E-state index in [0.717, 1.165) is 10.8 Å². The van der Waals surface area contributed by atoms with Gasteiger partial charge in [0.1, 0.15) is 11.5 Å². The van der Waals surface area contributed by atoms with Gasteiger partial charge in [-0.25, -0.2) is 0 Å². The minimum Gasteiger partial charge on any atom is -0.496 e. The molecule has 0 fully saturated rings. The summed E-state index contributed by atoms with van der Waals surface area (Å²) in [6, 6.07) is 16.5. The number of carbonyl (C=O) groups is 2. The van der Waals surface area contributed by atoms with E-state index in [-0.39, 0.29) is 17.7 Å². The van der Waals surface area contributed by atoms with E-state index in [2.05, 4.69) is 10.6 Å². The highest BCUT2D eigenvalue weighted by Crippen LogP contribution is 2.30. The predicted molar refractivity (Wildman–Crippen MR) is 115 cm³/mol. The Morgan fingerprint density at radius 2 is 1.48 bits per heavy atom. The van der Waals surface area contributed by atoms with Gasteiger partial charge in [-0.3, -0.25) is 9.59 Å². The van der Waals surface area contributed by atoms with Crippen LogP contribution < -0.4 is 20.1 Å². The van der Waals surface area contributed by atoms with E-state index in [1.807, 2.05) is 44.2 Å². The number of rotatable bonds is 6. The van der Waals surface area contributed by atoms with Gasteiger partial charge in [0, 0.05) is 17.7 Å². The second kappa shape index (κ2) is 8.65. The monoisotopic (exact) mass is 392 g/mol. The first kappa shape index (κ1) is 20.2. The van der Waals surface area contributed by atoms with Crippen molar-refractivity contribution in [3.8, 4) is 11.5 Å². The van der Waals surface area contributed by atoms with E-state index in [0.29, 0.717) is 28.4 Å². The summed E-state index contributed by atoms with van der Waals surface area (Å²) < 4.78 is 10.8. The number of carbonyl (C=O) groups excluding carboxylic acids is 2. The molecule has 0 aliphatic rings. The van der Waals surface area contributed by atoms with E-state index in [4.69, 9.17) is 9.47 Å². The fourth-order valence-corrected chi connectivity index (χ4v) is 2.91. The van der Waals surface area contributed by atoms with Crippen LogP contribution in [0.2, 0.25) is 0 Å². The lowest BCUT2D eigenvalue weighted by Gasteiger charge is -2.15. The van der Waals surface area contributed by atoms with Crippen molar-refractivity contribution < 1.29 is 19.1 Å². The summed E-state index contributed by atoms with van der Waals surface area (Å²) in [6.45, 7) is 3.63. The molecule has 0 saturated heterocycles. The van der Waals surface area contributed by atoms with E-state index in [1.165, 1.54) is 14.2 Å². The number of methoxy groups -OCH3 is 2. The van der Waals surface area contributed by atoms with E-state index < -0.39 is 0 Å². The number of nitrogens with one attached hydrogen (secondary N) is 2. The maximum atomic E-state index is 12.9. The van der Waals surface area contributed by atoms with Gasteiger partial charge in [0.05, 0.1) is 25.5 Å². The van der Waals surface area contributed by atoms with Crippen molar-refractivity contribution in [3.63, 3.8) is 0 Å². The van der Waals surface area contributed by atoms with Gasteiger partial charge in [-0.1, -0.05) is 38.1 Å².